The monoisotopic (exact) mass is 392 g/mol. The van der Waals surface area contributed by atoms with Gasteiger partial charge in [0, 0.05) is 17.1 Å². The first-order valence-corrected chi connectivity index (χ1v) is 9.80. The molecule has 4 rings (SSSR count). The van der Waals surface area contributed by atoms with Crippen molar-refractivity contribution >= 4 is 39.9 Å². The first kappa shape index (κ1) is 18.3. The van der Waals surface area contributed by atoms with Gasteiger partial charge in [-0.05, 0) is 43.7 Å². The third-order valence-corrected chi connectivity index (χ3v) is 5.61. The van der Waals surface area contributed by atoms with Gasteiger partial charge in [0.2, 0.25) is 5.91 Å². The van der Waals surface area contributed by atoms with E-state index in [-0.39, 0.29) is 11.2 Å². The summed E-state index contributed by atoms with van der Waals surface area (Å²) in [6, 6.07) is 17.5. The highest BCUT2D eigenvalue weighted by Gasteiger charge is 2.19. The number of thioether (sulfide) groups is 1. The van der Waals surface area contributed by atoms with E-state index in [1.165, 1.54) is 11.8 Å². The van der Waals surface area contributed by atoms with Gasteiger partial charge < -0.3 is 10.1 Å². The maximum Gasteiger partial charge on any atom is 0.237 e. The number of fused-ring (bicyclic) bond motifs is 3. The number of anilines is 1. The molecule has 0 fully saturated rings. The number of amides is 1. The molecule has 28 heavy (non-hydrogen) atoms. The number of rotatable bonds is 5. The molecule has 0 aliphatic carbocycles. The molecule has 1 atom stereocenters. The molecule has 4 aromatic rings. The molecular weight excluding hydrogens is 372 g/mol. The van der Waals surface area contributed by atoms with Gasteiger partial charge >= 0.3 is 0 Å². The van der Waals surface area contributed by atoms with Crippen LogP contribution in [0.15, 0.2) is 59.8 Å². The number of nitrogens with one attached hydrogen (secondary N) is 1. The molecule has 1 unspecified atom stereocenters. The first-order valence-electron chi connectivity index (χ1n) is 8.92. The van der Waals surface area contributed by atoms with Gasteiger partial charge in [0.05, 0.1) is 17.9 Å². The lowest BCUT2D eigenvalue weighted by atomic mass is 10.1. The number of benzene rings is 2. The van der Waals surface area contributed by atoms with Gasteiger partial charge in [-0.15, -0.1) is 10.2 Å². The fourth-order valence-electron chi connectivity index (χ4n) is 3.11. The van der Waals surface area contributed by atoms with E-state index >= 15 is 0 Å². The van der Waals surface area contributed by atoms with Crippen molar-refractivity contribution in [1.29, 1.82) is 0 Å². The average molecular weight is 392 g/mol. The molecule has 2 heterocycles. The smallest absolute Gasteiger partial charge is 0.237 e. The van der Waals surface area contributed by atoms with Crippen molar-refractivity contribution in [3.63, 3.8) is 0 Å². The molecule has 1 N–H and O–H groups in total. The Morgan fingerprint density at radius 1 is 1.14 bits per heavy atom. The summed E-state index contributed by atoms with van der Waals surface area (Å²) in [5.41, 5.74) is 3.66. The zero-order valence-electron chi connectivity index (χ0n) is 15.8. The fourth-order valence-corrected chi connectivity index (χ4v) is 3.97. The zero-order chi connectivity index (χ0) is 19.7. The maximum absolute atomic E-state index is 12.7. The van der Waals surface area contributed by atoms with E-state index in [2.05, 4.69) is 28.5 Å². The van der Waals surface area contributed by atoms with Gasteiger partial charge in [0.15, 0.2) is 10.8 Å². The molecule has 1 amide bonds. The third kappa shape index (κ3) is 3.41. The minimum absolute atomic E-state index is 0.105. The molecule has 0 aliphatic heterocycles. The predicted octanol–water partition coefficient (Wildman–Crippen LogP) is 4.32. The fraction of sp³-hybridized carbons (Fsp3) is 0.190. The number of aryl methyl sites for hydroxylation is 1. The Bertz CT molecular complexity index is 1170. The van der Waals surface area contributed by atoms with Crippen LogP contribution in [0.3, 0.4) is 0 Å². The summed E-state index contributed by atoms with van der Waals surface area (Å²) in [4.78, 5) is 12.7. The summed E-state index contributed by atoms with van der Waals surface area (Å²) in [6.07, 6.45) is 0. The Kier molecular flexibility index (Phi) is 4.92. The van der Waals surface area contributed by atoms with Gasteiger partial charge in [-0.1, -0.05) is 36.0 Å². The number of hydrogen-bond donors (Lipinski definition) is 1. The lowest BCUT2D eigenvalue weighted by Crippen LogP contribution is -2.22. The molecule has 7 heteroatoms. The summed E-state index contributed by atoms with van der Waals surface area (Å²) >= 11 is 1.38. The highest BCUT2D eigenvalue weighted by Crippen LogP contribution is 2.28. The standard InChI is InChI=1S/C21H20N4O2S/c1-13-11-19-23-24-21(25(19)18-10-5-4-9-17(13)18)28-14(2)20(26)22-15-7-6-8-16(12-15)27-3/h4-12,14H,1-3H3,(H,22,26). The second kappa shape index (κ2) is 7.52. The van der Waals surface area contributed by atoms with Crippen LogP contribution in [0.25, 0.3) is 16.6 Å². The lowest BCUT2D eigenvalue weighted by Gasteiger charge is -2.12. The van der Waals surface area contributed by atoms with Gasteiger partial charge in [0.1, 0.15) is 5.75 Å². The van der Waals surface area contributed by atoms with Crippen molar-refractivity contribution in [3.8, 4) is 5.75 Å². The number of methoxy groups -OCH3 is 1. The Labute approximate surface area is 166 Å². The Hall–Kier alpha value is -3.06. The normalized spacial score (nSPS) is 12.2. The number of carbonyl (C=O) groups is 1. The quantitative estimate of drug-likeness (QED) is 0.512. The molecule has 2 aromatic carbocycles. The van der Waals surface area contributed by atoms with Crippen molar-refractivity contribution in [3.05, 3.63) is 60.2 Å². The van der Waals surface area contributed by atoms with Crippen LogP contribution in [0.4, 0.5) is 5.69 Å². The Morgan fingerprint density at radius 2 is 1.96 bits per heavy atom. The van der Waals surface area contributed by atoms with Crippen LogP contribution in [0.2, 0.25) is 0 Å². The third-order valence-electron chi connectivity index (χ3n) is 4.56. The SMILES string of the molecule is COc1cccc(NC(=O)C(C)Sc2nnc3cc(C)c4ccccc4n23)c1. The molecule has 0 spiro atoms. The Balaban J connectivity index is 1.61. The summed E-state index contributed by atoms with van der Waals surface area (Å²) in [6.45, 7) is 3.92. The van der Waals surface area contributed by atoms with Crippen molar-refractivity contribution < 1.29 is 9.53 Å². The molecule has 2 aromatic heterocycles. The largest absolute Gasteiger partial charge is 0.497 e. The van der Waals surface area contributed by atoms with E-state index < -0.39 is 0 Å². The van der Waals surface area contributed by atoms with Crippen LogP contribution < -0.4 is 10.1 Å². The van der Waals surface area contributed by atoms with Crippen molar-refractivity contribution in [2.75, 3.05) is 12.4 Å². The molecule has 0 bridgehead atoms. The number of pyridine rings is 1. The van der Waals surface area contributed by atoms with Crippen LogP contribution in [-0.4, -0.2) is 32.9 Å². The summed E-state index contributed by atoms with van der Waals surface area (Å²) in [5.74, 6) is 0.592. The average Bonchev–Trinajstić information content (AvgIpc) is 3.10. The second-order valence-electron chi connectivity index (χ2n) is 6.50. The summed E-state index contributed by atoms with van der Waals surface area (Å²) < 4.78 is 7.21. The van der Waals surface area contributed by atoms with Crippen LogP contribution in [-0.2, 0) is 4.79 Å². The number of para-hydroxylation sites is 1. The van der Waals surface area contributed by atoms with Crippen LogP contribution in [0.5, 0.6) is 5.75 Å². The van der Waals surface area contributed by atoms with E-state index in [9.17, 15) is 4.79 Å². The van der Waals surface area contributed by atoms with Crippen molar-refractivity contribution in [1.82, 2.24) is 14.6 Å². The first-order chi connectivity index (χ1) is 13.6. The molecule has 0 radical (unpaired) electrons. The molecule has 0 saturated carbocycles. The number of hydrogen-bond acceptors (Lipinski definition) is 5. The van der Waals surface area contributed by atoms with Crippen LogP contribution >= 0.6 is 11.8 Å². The van der Waals surface area contributed by atoms with E-state index in [0.29, 0.717) is 16.6 Å². The topological polar surface area (TPSA) is 68.5 Å². The summed E-state index contributed by atoms with van der Waals surface area (Å²) in [7, 11) is 1.60. The van der Waals surface area contributed by atoms with E-state index in [4.69, 9.17) is 4.74 Å². The molecule has 142 valence electrons. The van der Waals surface area contributed by atoms with E-state index in [1.54, 1.807) is 13.2 Å². The number of aromatic nitrogens is 3. The second-order valence-corrected chi connectivity index (χ2v) is 7.81. The van der Waals surface area contributed by atoms with Gasteiger partial charge in [0.25, 0.3) is 0 Å². The highest BCUT2D eigenvalue weighted by molar-refractivity contribution is 8.00. The molecular formula is C21H20N4O2S. The number of ether oxygens (including phenoxy) is 1. The zero-order valence-corrected chi connectivity index (χ0v) is 16.7. The minimum atomic E-state index is -0.348. The predicted molar refractivity (Wildman–Crippen MR) is 112 cm³/mol. The van der Waals surface area contributed by atoms with Gasteiger partial charge in [-0.2, -0.15) is 0 Å². The van der Waals surface area contributed by atoms with E-state index in [0.717, 1.165) is 22.1 Å². The van der Waals surface area contributed by atoms with Crippen LogP contribution in [0, 0.1) is 6.92 Å². The van der Waals surface area contributed by atoms with Crippen LogP contribution in [0.1, 0.15) is 12.5 Å². The Morgan fingerprint density at radius 3 is 2.79 bits per heavy atom. The number of carbonyl (C=O) groups excluding carboxylic acids is 1. The highest BCUT2D eigenvalue weighted by atomic mass is 32.2. The lowest BCUT2D eigenvalue weighted by molar-refractivity contribution is -0.115. The van der Waals surface area contributed by atoms with E-state index in [1.807, 2.05) is 53.8 Å². The molecule has 0 saturated heterocycles. The maximum atomic E-state index is 12.7. The summed E-state index contributed by atoms with van der Waals surface area (Å²) in [5, 5.41) is 13.0. The van der Waals surface area contributed by atoms with Gasteiger partial charge in [-0.25, -0.2) is 0 Å². The minimum Gasteiger partial charge on any atom is -0.497 e. The van der Waals surface area contributed by atoms with Gasteiger partial charge in [-0.3, -0.25) is 9.20 Å². The molecule has 0 aliphatic rings. The van der Waals surface area contributed by atoms with Crippen molar-refractivity contribution in [2.24, 2.45) is 0 Å². The number of nitrogens with zero attached hydrogens (tertiary/aromatic N) is 3. The van der Waals surface area contributed by atoms with Crippen molar-refractivity contribution in [2.45, 2.75) is 24.3 Å². The molecule has 6 nitrogen and oxygen atoms in total.